The predicted octanol–water partition coefficient (Wildman–Crippen LogP) is 5.54. The third-order valence-corrected chi connectivity index (χ3v) is 6.51. The Morgan fingerprint density at radius 3 is 2.42 bits per heavy atom. The second-order valence-electron chi connectivity index (χ2n) is 8.41. The van der Waals surface area contributed by atoms with Crippen molar-refractivity contribution in [3.05, 3.63) is 83.4 Å². The van der Waals surface area contributed by atoms with E-state index in [2.05, 4.69) is 64.4 Å². The number of anilines is 2. The van der Waals surface area contributed by atoms with Gasteiger partial charge in [-0.15, -0.1) is 0 Å². The van der Waals surface area contributed by atoms with Crippen molar-refractivity contribution in [2.45, 2.75) is 32.2 Å². The van der Waals surface area contributed by atoms with Gasteiger partial charge in [-0.3, -0.25) is 0 Å². The molecule has 0 saturated carbocycles. The molecule has 0 bridgehead atoms. The molecular formula is C27H30N2O2. The smallest absolute Gasteiger partial charge is 0.126 e. The highest BCUT2D eigenvalue weighted by Gasteiger charge is 2.32. The van der Waals surface area contributed by atoms with E-state index in [0.29, 0.717) is 12.4 Å². The molecule has 31 heavy (non-hydrogen) atoms. The number of nitrogens with zero attached hydrogens (tertiary/aromatic N) is 2. The molecule has 0 radical (unpaired) electrons. The Bertz CT molecular complexity index is 1040. The zero-order valence-electron chi connectivity index (χ0n) is 18.1. The van der Waals surface area contributed by atoms with Crippen molar-refractivity contribution >= 4 is 11.4 Å². The summed E-state index contributed by atoms with van der Waals surface area (Å²) in [6, 6.07) is 23.2. The Morgan fingerprint density at radius 2 is 1.65 bits per heavy atom. The highest BCUT2D eigenvalue weighted by atomic mass is 16.5. The molecule has 2 heterocycles. The van der Waals surface area contributed by atoms with Gasteiger partial charge in [-0.2, -0.15) is 0 Å². The fourth-order valence-corrected chi connectivity index (χ4v) is 5.05. The lowest BCUT2D eigenvalue weighted by Gasteiger charge is -2.40. The van der Waals surface area contributed by atoms with Gasteiger partial charge in [0.2, 0.25) is 0 Å². The highest BCUT2D eigenvalue weighted by Crippen LogP contribution is 2.43. The SMILES string of the molecule is CCOc1cc(N2CCCC2)ccc1C1c2ccc(O)cc2CCN1c1ccccc1. The predicted molar refractivity (Wildman–Crippen MR) is 126 cm³/mol. The number of hydrogen-bond donors (Lipinski definition) is 1. The molecule has 0 aromatic heterocycles. The first-order chi connectivity index (χ1) is 15.2. The van der Waals surface area contributed by atoms with Crippen molar-refractivity contribution in [3.63, 3.8) is 0 Å². The minimum atomic E-state index is 0.0425. The van der Waals surface area contributed by atoms with Gasteiger partial charge in [-0.1, -0.05) is 30.3 Å². The molecule has 3 aromatic rings. The first kappa shape index (κ1) is 19.8. The molecule has 3 aromatic carbocycles. The van der Waals surface area contributed by atoms with Crippen molar-refractivity contribution < 1.29 is 9.84 Å². The van der Waals surface area contributed by atoms with E-state index in [1.165, 1.54) is 40.9 Å². The summed E-state index contributed by atoms with van der Waals surface area (Å²) in [5.41, 5.74) is 6.08. The Labute approximate surface area is 184 Å². The molecule has 1 N–H and O–H groups in total. The second kappa shape index (κ2) is 8.54. The van der Waals surface area contributed by atoms with Crippen LogP contribution in [0.3, 0.4) is 0 Å². The summed E-state index contributed by atoms with van der Waals surface area (Å²) in [5, 5.41) is 10.1. The summed E-state index contributed by atoms with van der Waals surface area (Å²) in [6.45, 7) is 5.81. The van der Waals surface area contributed by atoms with Gasteiger partial charge in [-0.05, 0) is 67.6 Å². The Kier molecular flexibility index (Phi) is 5.46. The summed E-state index contributed by atoms with van der Waals surface area (Å²) < 4.78 is 6.21. The number of phenols is 1. The van der Waals surface area contributed by atoms with E-state index < -0.39 is 0 Å². The van der Waals surface area contributed by atoms with Crippen LogP contribution in [-0.2, 0) is 6.42 Å². The number of hydrogen-bond acceptors (Lipinski definition) is 4. The molecule has 4 nitrogen and oxygen atoms in total. The molecular weight excluding hydrogens is 384 g/mol. The number of phenolic OH excluding ortho intramolecular Hbond substituents is 1. The standard InChI is InChI=1S/C27H30N2O2/c1-2-31-26-19-22(28-15-6-7-16-28)10-12-25(26)27-24-13-11-23(30)18-20(24)14-17-29(27)21-8-4-3-5-9-21/h3-5,8-13,18-19,27,30H,2,6-7,14-17H2,1H3. The minimum absolute atomic E-state index is 0.0425. The fourth-order valence-electron chi connectivity index (χ4n) is 5.05. The normalized spacial score (nSPS) is 18.2. The molecule has 1 fully saturated rings. The third-order valence-electron chi connectivity index (χ3n) is 6.51. The molecule has 1 unspecified atom stereocenters. The largest absolute Gasteiger partial charge is 0.508 e. The third kappa shape index (κ3) is 3.83. The molecule has 0 aliphatic carbocycles. The highest BCUT2D eigenvalue weighted by molar-refractivity contribution is 5.62. The summed E-state index contributed by atoms with van der Waals surface area (Å²) in [6.07, 6.45) is 3.42. The number of aromatic hydroxyl groups is 1. The van der Waals surface area contributed by atoms with Crippen molar-refractivity contribution in [1.82, 2.24) is 0 Å². The Hall–Kier alpha value is -3.14. The van der Waals surface area contributed by atoms with Gasteiger partial charge >= 0.3 is 0 Å². The topological polar surface area (TPSA) is 35.9 Å². The lowest BCUT2D eigenvalue weighted by molar-refractivity contribution is 0.334. The van der Waals surface area contributed by atoms with Crippen LogP contribution in [0.25, 0.3) is 0 Å². The van der Waals surface area contributed by atoms with Gasteiger partial charge in [0, 0.05) is 42.6 Å². The van der Waals surface area contributed by atoms with E-state index in [0.717, 1.165) is 31.8 Å². The molecule has 2 aliphatic rings. The molecule has 0 spiro atoms. The number of fused-ring (bicyclic) bond motifs is 1. The van der Waals surface area contributed by atoms with Crippen LogP contribution in [0.5, 0.6) is 11.5 Å². The fraction of sp³-hybridized carbons (Fsp3) is 0.333. The van der Waals surface area contributed by atoms with Gasteiger partial charge < -0.3 is 19.6 Å². The summed E-state index contributed by atoms with van der Waals surface area (Å²) in [5.74, 6) is 1.29. The van der Waals surface area contributed by atoms with E-state index in [1.54, 1.807) is 6.07 Å². The number of ether oxygens (including phenoxy) is 1. The maximum atomic E-state index is 10.1. The Morgan fingerprint density at radius 1 is 0.871 bits per heavy atom. The lowest BCUT2D eigenvalue weighted by Crippen LogP contribution is -2.36. The van der Waals surface area contributed by atoms with Gasteiger partial charge in [0.1, 0.15) is 11.5 Å². The van der Waals surface area contributed by atoms with Crippen molar-refractivity contribution in [1.29, 1.82) is 0 Å². The van der Waals surface area contributed by atoms with Crippen LogP contribution in [0.2, 0.25) is 0 Å². The molecule has 2 aliphatic heterocycles. The van der Waals surface area contributed by atoms with Crippen LogP contribution in [0.15, 0.2) is 66.7 Å². The molecule has 1 atom stereocenters. The van der Waals surface area contributed by atoms with Crippen LogP contribution >= 0.6 is 0 Å². The summed E-state index contributed by atoms with van der Waals surface area (Å²) in [4.78, 5) is 4.92. The van der Waals surface area contributed by atoms with E-state index in [1.807, 2.05) is 13.0 Å². The molecule has 4 heteroatoms. The first-order valence-electron chi connectivity index (χ1n) is 11.4. The second-order valence-corrected chi connectivity index (χ2v) is 8.41. The van der Waals surface area contributed by atoms with Crippen molar-refractivity contribution in [2.24, 2.45) is 0 Å². The van der Waals surface area contributed by atoms with E-state index in [9.17, 15) is 5.11 Å². The number of para-hydroxylation sites is 1. The van der Waals surface area contributed by atoms with Gasteiger partial charge in [0.25, 0.3) is 0 Å². The average molecular weight is 415 g/mol. The molecule has 5 rings (SSSR count). The lowest BCUT2D eigenvalue weighted by atomic mass is 9.87. The van der Waals surface area contributed by atoms with Crippen molar-refractivity contribution in [2.75, 3.05) is 36.0 Å². The maximum Gasteiger partial charge on any atom is 0.126 e. The van der Waals surface area contributed by atoms with E-state index >= 15 is 0 Å². The zero-order chi connectivity index (χ0) is 21.2. The Balaban J connectivity index is 1.63. The number of benzene rings is 3. The quantitative estimate of drug-likeness (QED) is 0.594. The van der Waals surface area contributed by atoms with Gasteiger partial charge in [0.15, 0.2) is 0 Å². The number of rotatable bonds is 5. The zero-order valence-corrected chi connectivity index (χ0v) is 18.1. The first-order valence-corrected chi connectivity index (χ1v) is 11.4. The van der Waals surface area contributed by atoms with Crippen LogP contribution < -0.4 is 14.5 Å². The van der Waals surface area contributed by atoms with Gasteiger partial charge in [-0.25, -0.2) is 0 Å². The minimum Gasteiger partial charge on any atom is -0.508 e. The monoisotopic (exact) mass is 414 g/mol. The molecule has 0 amide bonds. The van der Waals surface area contributed by atoms with Crippen LogP contribution in [-0.4, -0.2) is 31.3 Å². The van der Waals surface area contributed by atoms with Crippen LogP contribution in [0.4, 0.5) is 11.4 Å². The van der Waals surface area contributed by atoms with Crippen LogP contribution in [0.1, 0.15) is 42.5 Å². The summed E-state index contributed by atoms with van der Waals surface area (Å²) >= 11 is 0. The average Bonchev–Trinajstić information content (AvgIpc) is 3.34. The van der Waals surface area contributed by atoms with E-state index in [4.69, 9.17) is 4.74 Å². The van der Waals surface area contributed by atoms with E-state index in [-0.39, 0.29) is 6.04 Å². The molecule has 1 saturated heterocycles. The maximum absolute atomic E-state index is 10.1. The summed E-state index contributed by atoms with van der Waals surface area (Å²) in [7, 11) is 0. The molecule has 160 valence electrons. The van der Waals surface area contributed by atoms with Crippen LogP contribution in [0, 0.1) is 0 Å². The van der Waals surface area contributed by atoms with Crippen molar-refractivity contribution in [3.8, 4) is 11.5 Å². The van der Waals surface area contributed by atoms with Gasteiger partial charge in [0.05, 0.1) is 12.6 Å².